The van der Waals surface area contributed by atoms with Crippen LogP contribution < -0.4 is 5.32 Å². The van der Waals surface area contributed by atoms with E-state index in [1.807, 2.05) is 13.8 Å². The van der Waals surface area contributed by atoms with Crippen LogP contribution in [-0.2, 0) is 9.47 Å². The first-order valence-electron chi connectivity index (χ1n) is 4.85. The summed E-state index contributed by atoms with van der Waals surface area (Å²) in [6.45, 7) is 4.97. The summed E-state index contributed by atoms with van der Waals surface area (Å²) < 4.78 is 35.0. The van der Waals surface area contributed by atoms with Crippen LogP contribution in [0.15, 0.2) is 0 Å². The zero-order chi connectivity index (χ0) is 10.6. The molecule has 0 aromatic heterocycles. The highest BCUT2D eigenvalue weighted by Gasteiger charge is 2.28. The van der Waals surface area contributed by atoms with E-state index in [-0.39, 0.29) is 18.8 Å². The van der Waals surface area contributed by atoms with Crippen LogP contribution in [0.25, 0.3) is 0 Å². The van der Waals surface area contributed by atoms with Gasteiger partial charge in [-0.3, -0.25) is 0 Å². The van der Waals surface area contributed by atoms with E-state index in [1.54, 1.807) is 0 Å². The zero-order valence-corrected chi connectivity index (χ0v) is 8.50. The Bertz CT molecular complexity index is 167. The van der Waals surface area contributed by atoms with Crippen molar-refractivity contribution in [3.8, 4) is 0 Å². The van der Waals surface area contributed by atoms with E-state index >= 15 is 0 Å². The lowest BCUT2D eigenvalue weighted by molar-refractivity contribution is -0.132. The number of nitrogens with one attached hydrogen (secondary N) is 1. The lowest BCUT2D eigenvalue weighted by Crippen LogP contribution is -2.49. The molecule has 2 atom stereocenters. The van der Waals surface area contributed by atoms with Gasteiger partial charge >= 0.3 is 0 Å². The summed E-state index contributed by atoms with van der Waals surface area (Å²) in [5.74, 6) is 0. The summed E-state index contributed by atoms with van der Waals surface area (Å²) in [4.78, 5) is 0. The molecular formula is C9H17F2NO2. The van der Waals surface area contributed by atoms with Crippen LogP contribution in [0.1, 0.15) is 13.8 Å². The maximum Gasteiger partial charge on any atom is 0.265 e. The van der Waals surface area contributed by atoms with Crippen LogP contribution >= 0.6 is 0 Å². The average molecular weight is 209 g/mol. The van der Waals surface area contributed by atoms with E-state index in [0.717, 1.165) is 0 Å². The minimum Gasteiger partial charge on any atom is -0.376 e. The maximum atomic E-state index is 12.3. The van der Waals surface area contributed by atoms with Gasteiger partial charge < -0.3 is 14.8 Å². The number of rotatable bonds is 4. The van der Waals surface area contributed by atoms with Crippen molar-refractivity contribution in [1.29, 1.82) is 0 Å². The Morgan fingerprint density at radius 3 is 2.71 bits per heavy atom. The first-order valence-corrected chi connectivity index (χ1v) is 4.85. The van der Waals surface area contributed by atoms with Gasteiger partial charge in [-0.2, -0.15) is 0 Å². The summed E-state index contributed by atoms with van der Waals surface area (Å²) in [5.41, 5.74) is 0. The van der Waals surface area contributed by atoms with Crippen molar-refractivity contribution < 1.29 is 18.3 Å². The zero-order valence-electron chi connectivity index (χ0n) is 8.50. The molecule has 5 heteroatoms. The molecule has 0 bridgehead atoms. The molecule has 84 valence electrons. The summed E-state index contributed by atoms with van der Waals surface area (Å²) in [7, 11) is 0. The van der Waals surface area contributed by atoms with Gasteiger partial charge in [0.1, 0.15) is 6.10 Å². The molecule has 0 aromatic carbocycles. The van der Waals surface area contributed by atoms with Crippen LogP contribution in [0, 0.1) is 0 Å². The predicted molar refractivity (Wildman–Crippen MR) is 48.6 cm³/mol. The van der Waals surface area contributed by atoms with Crippen LogP contribution in [0.4, 0.5) is 8.78 Å². The fourth-order valence-corrected chi connectivity index (χ4v) is 1.28. The Balaban J connectivity index is 2.25. The van der Waals surface area contributed by atoms with Gasteiger partial charge in [-0.15, -0.1) is 0 Å². The number of hydrogen-bond acceptors (Lipinski definition) is 3. The molecule has 3 nitrogen and oxygen atoms in total. The van der Waals surface area contributed by atoms with Gasteiger partial charge in [-0.05, 0) is 13.8 Å². The summed E-state index contributed by atoms with van der Waals surface area (Å²) in [6.07, 6.45) is -3.58. The summed E-state index contributed by atoms with van der Waals surface area (Å²) >= 11 is 0. The number of halogens is 2. The molecule has 1 aliphatic rings. The van der Waals surface area contributed by atoms with E-state index < -0.39 is 12.5 Å². The standard InChI is InChI=1S/C9H17F2NO2/c1-6(2)13-5-7-3-12-4-8(14-7)9(10)11/h6-9,12H,3-5H2,1-2H3/t7-,8-/m0/s1. The van der Waals surface area contributed by atoms with E-state index in [1.165, 1.54) is 0 Å². The van der Waals surface area contributed by atoms with Crippen molar-refractivity contribution in [2.45, 2.75) is 38.6 Å². The molecule has 0 amide bonds. The lowest BCUT2D eigenvalue weighted by Gasteiger charge is -2.30. The minimum absolute atomic E-state index is 0.102. The minimum atomic E-state index is -2.43. The topological polar surface area (TPSA) is 30.5 Å². The third-order valence-corrected chi connectivity index (χ3v) is 1.98. The van der Waals surface area contributed by atoms with E-state index in [0.29, 0.717) is 13.2 Å². The molecule has 14 heavy (non-hydrogen) atoms. The molecule has 0 aromatic rings. The molecular weight excluding hydrogens is 192 g/mol. The van der Waals surface area contributed by atoms with Gasteiger partial charge in [0, 0.05) is 13.1 Å². The van der Waals surface area contributed by atoms with Gasteiger partial charge in [0.2, 0.25) is 0 Å². The van der Waals surface area contributed by atoms with Crippen LogP contribution in [0.3, 0.4) is 0 Å². The van der Waals surface area contributed by atoms with Crippen molar-refractivity contribution in [2.75, 3.05) is 19.7 Å². The molecule has 0 radical (unpaired) electrons. The number of morpholine rings is 1. The van der Waals surface area contributed by atoms with E-state index in [4.69, 9.17) is 9.47 Å². The first-order chi connectivity index (χ1) is 6.59. The fraction of sp³-hybridized carbons (Fsp3) is 1.00. The molecule has 1 saturated heterocycles. The highest BCUT2D eigenvalue weighted by atomic mass is 19.3. The Labute approximate surface area is 82.8 Å². The van der Waals surface area contributed by atoms with Crippen molar-refractivity contribution in [2.24, 2.45) is 0 Å². The second kappa shape index (κ2) is 5.58. The number of hydrogen-bond donors (Lipinski definition) is 1. The van der Waals surface area contributed by atoms with Gasteiger partial charge in [0.15, 0.2) is 0 Å². The number of alkyl halides is 2. The predicted octanol–water partition coefficient (Wildman–Crippen LogP) is 1.03. The van der Waals surface area contributed by atoms with Crippen LogP contribution in [-0.4, -0.2) is 44.4 Å². The molecule has 1 heterocycles. The summed E-state index contributed by atoms with van der Waals surface area (Å²) in [6, 6.07) is 0. The van der Waals surface area contributed by atoms with E-state index in [9.17, 15) is 8.78 Å². The quantitative estimate of drug-likeness (QED) is 0.750. The van der Waals surface area contributed by atoms with Crippen molar-refractivity contribution in [3.05, 3.63) is 0 Å². The molecule has 1 fully saturated rings. The van der Waals surface area contributed by atoms with Gasteiger partial charge in [-0.25, -0.2) is 8.78 Å². The van der Waals surface area contributed by atoms with E-state index in [2.05, 4.69) is 5.32 Å². The molecule has 1 aliphatic heterocycles. The second-order valence-corrected chi connectivity index (χ2v) is 3.67. The Hall–Kier alpha value is -0.260. The molecule has 1 N–H and O–H groups in total. The number of ether oxygens (including phenoxy) is 2. The normalized spacial score (nSPS) is 28.7. The smallest absolute Gasteiger partial charge is 0.265 e. The van der Waals surface area contributed by atoms with Crippen LogP contribution in [0.5, 0.6) is 0 Å². The Morgan fingerprint density at radius 1 is 1.43 bits per heavy atom. The Kier molecular flexibility index (Phi) is 4.71. The molecule has 0 spiro atoms. The lowest BCUT2D eigenvalue weighted by atomic mass is 10.2. The summed E-state index contributed by atoms with van der Waals surface area (Å²) in [5, 5.41) is 2.90. The van der Waals surface area contributed by atoms with Gasteiger partial charge in [-0.1, -0.05) is 0 Å². The van der Waals surface area contributed by atoms with Crippen LogP contribution in [0.2, 0.25) is 0 Å². The van der Waals surface area contributed by atoms with Gasteiger partial charge in [0.25, 0.3) is 6.43 Å². The maximum absolute atomic E-state index is 12.3. The first kappa shape index (κ1) is 11.8. The third-order valence-electron chi connectivity index (χ3n) is 1.98. The molecule has 1 rings (SSSR count). The monoisotopic (exact) mass is 209 g/mol. The molecule has 0 saturated carbocycles. The van der Waals surface area contributed by atoms with Crippen molar-refractivity contribution >= 4 is 0 Å². The highest BCUT2D eigenvalue weighted by molar-refractivity contribution is 4.75. The highest BCUT2D eigenvalue weighted by Crippen LogP contribution is 2.12. The van der Waals surface area contributed by atoms with Crippen molar-refractivity contribution in [1.82, 2.24) is 5.32 Å². The third kappa shape index (κ3) is 3.86. The average Bonchev–Trinajstić information content (AvgIpc) is 2.15. The molecule has 0 unspecified atom stereocenters. The molecule has 0 aliphatic carbocycles. The van der Waals surface area contributed by atoms with Gasteiger partial charge in [0.05, 0.1) is 18.8 Å². The second-order valence-electron chi connectivity index (χ2n) is 3.67. The SMILES string of the molecule is CC(C)OC[C@@H]1CNC[C@@H](C(F)F)O1. The fourth-order valence-electron chi connectivity index (χ4n) is 1.28. The Morgan fingerprint density at radius 2 is 2.14 bits per heavy atom. The van der Waals surface area contributed by atoms with Crippen molar-refractivity contribution in [3.63, 3.8) is 0 Å². The largest absolute Gasteiger partial charge is 0.376 e.